The number of non-ortho nitro benzene ring substituents is 1. The Hall–Kier alpha value is -2.12. The standard InChI is InChI=1S/C15H17ClN4O3/c1-11-8-13(20(21)22)9-14(16)15(11)19-5-3-18(4-6-19)10-12-2-7-23-17-12/h2,7-9H,3-6,10H2,1H3. The number of halogens is 1. The SMILES string of the molecule is Cc1cc([N+](=O)[O-])cc(Cl)c1N1CCN(Cc2ccon2)CC1. The molecule has 0 spiro atoms. The van der Waals surface area contributed by atoms with Crippen LogP contribution in [0.4, 0.5) is 11.4 Å². The number of benzene rings is 1. The van der Waals surface area contributed by atoms with Crippen molar-refractivity contribution >= 4 is 23.0 Å². The van der Waals surface area contributed by atoms with Gasteiger partial charge in [-0.05, 0) is 12.5 Å². The van der Waals surface area contributed by atoms with E-state index < -0.39 is 4.92 Å². The molecule has 122 valence electrons. The Balaban J connectivity index is 1.69. The van der Waals surface area contributed by atoms with Crippen LogP contribution in [-0.2, 0) is 6.54 Å². The van der Waals surface area contributed by atoms with Crippen LogP contribution >= 0.6 is 11.6 Å². The lowest BCUT2D eigenvalue weighted by atomic mass is 10.1. The molecule has 7 nitrogen and oxygen atoms in total. The molecule has 23 heavy (non-hydrogen) atoms. The van der Waals surface area contributed by atoms with Gasteiger partial charge in [-0.1, -0.05) is 16.8 Å². The van der Waals surface area contributed by atoms with Gasteiger partial charge in [-0.25, -0.2) is 0 Å². The second-order valence-electron chi connectivity index (χ2n) is 5.60. The lowest BCUT2D eigenvalue weighted by Crippen LogP contribution is -2.46. The molecule has 1 aromatic heterocycles. The summed E-state index contributed by atoms with van der Waals surface area (Å²) >= 11 is 6.28. The van der Waals surface area contributed by atoms with E-state index >= 15 is 0 Å². The summed E-state index contributed by atoms with van der Waals surface area (Å²) in [5, 5.41) is 15.3. The summed E-state index contributed by atoms with van der Waals surface area (Å²) in [4.78, 5) is 15.0. The summed E-state index contributed by atoms with van der Waals surface area (Å²) in [7, 11) is 0. The number of nitro benzene ring substituents is 1. The normalized spacial score (nSPS) is 15.8. The highest BCUT2D eigenvalue weighted by atomic mass is 35.5. The molecule has 3 rings (SSSR count). The third kappa shape index (κ3) is 3.46. The molecule has 1 aliphatic heterocycles. The second kappa shape index (κ2) is 6.55. The van der Waals surface area contributed by atoms with Crippen molar-refractivity contribution in [1.29, 1.82) is 0 Å². The van der Waals surface area contributed by atoms with Crippen molar-refractivity contribution < 1.29 is 9.45 Å². The Labute approximate surface area is 138 Å². The lowest BCUT2D eigenvalue weighted by molar-refractivity contribution is -0.384. The summed E-state index contributed by atoms with van der Waals surface area (Å²) in [6, 6.07) is 4.86. The number of aryl methyl sites for hydroxylation is 1. The van der Waals surface area contributed by atoms with E-state index in [1.54, 1.807) is 12.3 Å². The molecule has 2 heterocycles. The molecular weight excluding hydrogens is 320 g/mol. The molecule has 0 amide bonds. The van der Waals surface area contributed by atoms with E-state index in [2.05, 4.69) is 15.0 Å². The molecule has 8 heteroatoms. The summed E-state index contributed by atoms with van der Waals surface area (Å²) in [6.45, 7) is 6.00. The predicted octanol–water partition coefficient (Wildman–Crippen LogP) is 2.87. The fourth-order valence-corrected chi connectivity index (χ4v) is 3.28. The Kier molecular flexibility index (Phi) is 4.49. The second-order valence-corrected chi connectivity index (χ2v) is 6.01. The fourth-order valence-electron chi connectivity index (χ4n) is 2.90. The monoisotopic (exact) mass is 336 g/mol. The molecule has 1 saturated heterocycles. The first-order valence-electron chi connectivity index (χ1n) is 7.35. The highest BCUT2D eigenvalue weighted by Gasteiger charge is 2.23. The van der Waals surface area contributed by atoms with Gasteiger partial charge in [0, 0.05) is 50.9 Å². The average Bonchev–Trinajstić information content (AvgIpc) is 3.01. The summed E-state index contributed by atoms with van der Waals surface area (Å²) < 4.78 is 4.85. The number of rotatable bonds is 4. The van der Waals surface area contributed by atoms with E-state index in [1.807, 2.05) is 13.0 Å². The quantitative estimate of drug-likeness (QED) is 0.631. The molecule has 0 bridgehead atoms. The van der Waals surface area contributed by atoms with E-state index in [9.17, 15) is 10.1 Å². The Morgan fingerprint density at radius 3 is 2.65 bits per heavy atom. The van der Waals surface area contributed by atoms with Crippen LogP contribution in [0.2, 0.25) is 5.02 Å². The molecule has 0 aliphatic carbocycles. The van der Waals surface area contributed by atoms with E-state index in [4.69, 9.17) is 16.1 Å². The number of nitrogens with zero attached hydrogens (tertiary/aromatic N) is 4. The van der Waals surface area contributed by atoms with Gasteiger partial charge in [0.25, 0.3) is 5.69 Å². The van der Waals surface area contributed by atoms with Crippen LogP contribution in [0.3, 0.4) is 0 Å². The molecule has 1 fully saturated rings. The maximum atomic E-state index is 10.9. The van der Waals surface area contributed by atoms with Crippen LogP contribution in [0.15, 0.2) is 29.0 Å². The molecule has 1 aliphatic rings. The van der Waals surface area contributed by atoms with Crippen molar-refractivity contribution in [1.82, 2.24) is 10.1 Å². The number of hydrogen-bond donors (Lipinski definition) is 0. The smallest absolute Gasteiger partial charge is 0.271 e. The van der Waals surface area contributed by atoms with Crippen LogP contribution in [0.1, 0.15) is 11.3 Å². The van der Waals surface area contributed by atoms with Gasteiger partial charge in [0.15, 0.2) is 0 Å². The van der Waals surface area contributed by atoms with Gasteiger partial charge in [-0.3, -0.25) is 15.0 Å². The molecule has 0 N–H and O–H groups in total. The number of piperazine rings is 1. The summed E-state index contributed by atoms with van der Waals surface area (Å²) in [5.74, 6) is 0. The van der Waals surface area contributed by atoms with Gasteiger partial charge < -0.3 is 9.42 Å². The largest absolute Gasteiger partial charge is 0.368 e. The zero-order valence-corrected chi connectivity index (χ0v) is 13.5. The molecular formula is C15H17ClN4O3. The van der Waals surface area contributed by atoms with Crippen molar-refractivity contribution in [2.75, 3.05) is 31.1 Å². The highest BCUT2D eigenvalue weighted by Crippen LogP contribution is 2.34. The maximum Gasteiger partial charge on any atom is 0.271 e. The van der Waals surface area contributed by atoms with Crippen LogP contribution in [0.5, 0.6) is 0 Å². The van der Waals surface area contributed by atoms with E-state index in [0.29, 0.717) is 5.02 Å². The Bertz CT molecular complexity index is 674. The van der Waals surface area contributed by atoms with Crippen molar-refractivity contribution in [3.8, 4) is 0 Å². The molecule has 0 unspecified atom stereocenters. The van der Waals surface area contributed by atoms with Crippen molar-refractivity contribution in [2.24, 2.45) is 0 Å². The van der Waals surface area contributed by atoms with Crippen LogP contribution in [0, 0.1) is 17.0 Å². The fraction of sp³-hybridized carbons (Fsp3) is 0.400. The third-order valence-electron chi connectivity index (χ3n) is 4.01. The molecule has 0 saturated carbocycles. The lowest BCUT2D eigenvalue weighted by Gasteiger charge is -2.36. The van der Waals surface area contributed by atoms with Gasteiger partial charge in [-0.15, -0.1) is 0 Å². The van der Waals surface area contributed by atoms with Gasteiger partial charge in [-0.2, -0.15) is 0 Å². The van der Waals surface area contributed by atoms with E-state index in [-0.39, 0.29) is 5.69 Å². The zero-order valence-electron chi connectivity index (χ0n) is 12.7. The Morgan fingerprint density at radius 1 is 1.35 bits per heavy atom. The van der Waals surface area contributed by atoms with Crippen LogP contribution in [0.25, 0.3) is 0 Å². The van der Waals surface area contributed by atoms with Crippen LogP contribution in [-0.4, -0.2) is 41.2 Å². The first-order valence-corrected chi connectivity index (χ1v) is 7.73. The molecule has 1 aromatic carbocycles. The summed E-state index contributed by atoms with van der Waals surface area (Å²) in [6.07, 6.45) is 1.57. The van der Waals surface area contributed by atoms with Crippen molar-refractivity contribution in [2.45, 2.75) is 13.5 Å². The minimum Gasteiger partial charge on any atom is -0.368 e. The van der Waals surface area contributed by atoms with Crippen molar-refractivity contribution in [3.05, 3.63) is 50.9 Å². The Morgan fingerprint density at radius 2 is 2.09 bits per heavy atom. The topological polar surface area (TPSA) is 75.7 Å². The zero-order chi connectivity index (χ0) is 16.4. The predicted molar refractivity (Wildman–Crippen MR) is 86.8 cm³/mol. The minimum atomic E-state index is -0.418. The van der Waals surface area contributed by atoms with E-state index in [1.165, 1.54) is 6.07 Å². The minimum absolute atomic E-state index is 0.0286. The number of nitro groups is 1. The van der Waals surface area contributed by atoms with Gasteiger partial charge >= 0.3 is 0 Å². The van der Waals surface area contributed by atoms with Gasteiger partial charge in [0.05, 0.1) is 21.3 Å². The van der Waals surface area contributed by atoms with Gasteiger partial charge in [0.2, 0.25) is 0 Å². The molecule has 0 radical (unpaired) electrons. The number of anilines is 1. The maximum absolute atomic E-state index is 10.9. The average molecular weight is 337 g/mol. The van der Waals surface area contributed by atoms with Crippen molar-refractivity contribution in [3.63, 3.8) is 0 Å². The first-order chi connectivity index (χ1) is 11.0. The summed E-state index contributed by atoms with van der Waals surface area (Å²) in [5.41, 5.74) is 2.66. The first kappa shape index (κ1) is 15.8. The van der Waals surface area contributed by atoms with E-state index in [0.717, 1.165) is 49.7 Å². The molecule has 2 aromatic rings. The van der Waals surface area contributed by atoms with Gasteiger partial charge in [0.1, 0.15) is 6.26 Å². The number of hydrogen-bond acceptors (Lipinski definition) is 6. The molecule has 0 atom stereocenters. The van der Waals surface area contributed by atoms with Crippen LogP contribution < -0.4 is 4.90 Å². The highest BCUT2D eigenvalue weighted by molar-refractivity contribution is 6.33. The third-order valence-corrected chi connectivity index (χ3v) is 4.30. The number of aromatic nitrogens is 1.